The Morgan fingerprint density at radius 2 is 1.71 bits per heavy atom. The Labute approximate surface area is 220 Å². The van der Waals surface area contributed by atoms with Crippen molar-refractivity contribution < 1.29 is 14.6 Å². The summed E-state index contributed by atoms with van der Waals surface area (Å²) >= 11 is 7.37. The van der Waals surface area contributed by atoms with Gasteiger partial charge in [-0.15, -0.1) is 0 Å². The molecule has 0 saturated carbocycles. The van der Waals surface area contributed by atoms with Crippen molar-refractivity contribution in [2.24, 2.45) is 4.99 Å². The lowest BCUT2D eigenvalue weighted by molar-refractivity contribution is 0.0526. The van der Waals surface area contributed by atoms with Crippen LogP contribution in [0.2, 0.25) is 0 Å². The van der Waals surface area contributed by atoms with Crippen molar-refractivity contribution in [1.29, 1.82) is 0 Å². The number of hydrogen-bond acceptors (Lipinski definition) is 5. The molecule has 0 unspecified atom stereocenters. The lowest BCUT2D eigenvalue weighted by Gasteiger charge is -2.14. The van der Waals surface area contributed by atoms with E-state index < -0.39 is 5.97 Å². The molecule has 0 bridgehead atoms. The molecule has 4 rings (SSSR count). The molecule has 3 aromatic carbocycles. The van der Waals surface area contributed by atoms with Crippen molar-refractivity contribution in [3.05, 3.63) is 91.9 Å². The Morgan fingerprint density at radius 3 is 2.34 bits per heavy atom. The number of fused-ring (bicyclic) bond motifs is 1. The maximum absolute atomic E-state index is 12.2. The molecule has 0 spiro atoms. The predicted octanol–water partition coefficient (Wildman–Crippen LogP) is 6.81. The maximum atomic E-state index is 12.2. The third-order valence-electron chi connectivity index (χ3n) is 5.41. The number of aromatic hydroxyl groups is 1. The van der Waals surface area contributed by atoms with Crippen LogP contribution in [0, 0.1) is 0 Å². The topological polar surface area (TPSA) is 77.9 Å². The van der Waals surface area contributed by atoms with Gasteiger partial charge in [0.15, 0.2) is 5.88 Å². The van der Waals surface area contributed by atoms with Crippen LogP contribution in [-0.4, -0.2) is 47.4 Å². The summed E-state index contributed by atoms with van der Waals surface area (Å²) in [6.07, 6.45) is 0. The zero-order valence-corrected chi connectivity index (χ0v) is 22.8. The average Bonchev–Trinajstić information content (AvgIpc) is 3.15. The van der Waals surface area contributed by atoms with Crippen LogP contribution in [0.25, 0.3) is 10.9 Å². The molecule has 0 aliphatic heterocycles. The van der Waals surface area contributed by atoms with Gasteiger partial charge in [0.25, 0.3) is 0 Å². The van der Waals surface area contributed by atoms with Crippen LogP contribution in [0.4, 0.5) is 5.69 Å². The van der Waals surface area contributed by atoms with E-state index in [0.29, 0.717) is 29.0 Å². The molecule has 2 N–H and O–H groups in total. The highest BCUT2D eigenvalue weighted by Crippen LogP contribution is 2.35. The van der Waals surface area contributed by atoms with E-state index in [0.717, 1.165) is 37.7 Å². The zero-order chi connectivity index (χ0) is 25.1. The number of hydrogen-bond donors (Lipinski definition) is 2. The van der Waals surface area contributed by atoms with Crippen molar-refractivity contribution >= 4 is 60.1 Å². The van der Waals surface area contributed by atoms with Crippen LogP contribution in [0.3, 0.4) is 0 Å². The molecular formula is C27H25Br2N3O3. The molecule has 35 heavy (non-hydrogen) atoms. The summed E-state index contributed by atoms with van der Waals surface area (Å²) in [4.78, 5) is 22.3. The predicted molar refractivity (Wildman–Crippen MR) is 147 cm³/mol. The number of esters is 1. The number of ether oxygens (including phenoxy) is 1. The SMILES string of the molecule is CCOC(=O)c1ccc2c(C(=Nc3cc(Br)c(CN(C)C)c(Br)c3)c3ccccc3)c(O)[nH]c2c1. The maximum Gasteiger partial charge on any atom is 0.338 e. The Bertz CT molecular complexity index is 1390. The van der Waals surface area contributed by atoms with Crippen molar-refractivity contribution in [3.8, 4) is 5.88 Å². The molecule has 0 aliphatic rings. The van der Waals surface area contributed by atoms with Gasteiger partial charge in [0.05, 0.1) is 29.1 Å². The number of aromatic amines is 1. The van der Waals surface area contributed by atoms with E-state index >= 15 is 0 Å². The van der Waals surface area contributed by atoms with Crippen LogP contribution in [0.15, 0.2) is 74.6 Å². The number of rotatable bonds is 7. The molecule has 0 fully saturated rings. The largest absolute Gasteiger partial charge is 0.494 e. The van der Waals surface area contributed by atoms with Crippen molar-refractivity contribution in [2.75, 3.05) is 20.7 Å². The first kappa shape index (κ1) is 25.2. The van der Waals surface area contributed by atoms with Crippen LogP contribution in [0.1, 0.15) is 34.0 Å². The summed E-state index contributed by atoms with van der Waals surface area (Å²) in [5, 5.41) is 11.7. The molecule has 0 amide bonds. The molecule has 8 heteroatoms. The number of nitrogens with zero attached hydrogens (tertiary/aromatic N) is 2. The fourth-order valence-corrected chi connectivity index (χ4v) is 5.29. The fraction of sp³-hybridized carbons (Fsp3) is 0.185. The molecule has 1 aromatic heterocycles. The van der Waals surface area contributed by atoms with Crippen LogP contribution in [-0.2, 0) is 11.3 Å². The van der Waals surface area contributed by atoms with E-state index in [9.17, 15) is 9.90 Å². The van der Waals surface area contributed by atoms with E-state index in [1.165, 1.54) is 0 Å². The van der Waals surface area contributed by atoms with Gasteiger partial charge in [-0.2, -0.15) is 0 Å². The minimum absolute atomic E-state index is 0.0222. The van der Waals surface area contributed by atoms with Crippen LogP contribution < -0.4 is 0 Å². The van der Waals surface area contributed by atoms with Gasteiger partial charge in [-0.05, 0) is 50.8 Å². The standard InChI is InChI=1S/C27H25Br2N3O3/c1-4-35-27(34)17-10-11-19-23(12-17)31-26(33)24(19)25(16-8-6-5-7-9-16)30-18-13-21(28)20(15-32(2)3)22(29)14-18/h5-14,31,33H,4,15H2,1-3H3. The highest BCUT2D eigenvalue weighted by Gasteiger charge is 2.20. The Kier molecular flexibility index (Phi) is 7.74. The number of carbonyl (C=O) groups is 1. The summed E-state index contributed by atoms with van der Waals surface area (Å²) in [7, 11) is 4.04. The van der Waals surface area contributed by atoms with Crippen molar-refractivity contribution in [2.45, 2.75) is 13.5 Å². The lowest BCUT2D eigenvalue weighted by Crippen LogP contribution is -2.11. The van der Waals surface area contributed by atoms with Gasteiger partial charge < -0.3 is 19.7 Å². The molecular weight excluding hydrogens is 574 g/mol. The minimum Gasteiger partial charge on any atom is -0.494 e. The summed E-state index contributed by atoms with van der Waals surface area (Å²) in [5.74, 6) is -0.430. The van der Waals surface area contributed by atoms with E-state index in [1.54, 1.807) is 25.1 Å². The summed E-state index contributed by atoms with van der Waals surface area (Å²) in [5.41, 5.74) is 4.90. The van der Waals surface area contributed by atoms with Crippen molar-refractivity contribution in [1.82, 2.24) is 9.88 Å². The molecule has 6 nitrogen and oxygen atoms in total. The first-order valence-corrected chi connectivity index (χ1v) is 12.7. The lowest BCUT2D eigenvalue weighted by atomic mass is 10.00. The molecule has 0 radical (unpaired) electrons. The van der Waals surface area contributed by atoms with E-state index in [4.69, 9.17) is 9.73 Å². The average molecular weight is 599 g/mol. The molecule has 0 saturated heterocycles. The quantitative estimate of drug-likeness (QED) is 0.181. The molecule has 1 heterocycles. The van der Waals surface area contributed by atoms with E-state index in [1.807, 2.05) is 56.6 Å². The Balaban J connectivity index is 1.88. The minimum atomic E-state index is -0.408. The van der Waals surface area contributed by atoms with E-state index in [2.05, 4.69) is 41.7 Å². The summed E-state index contributed by atoms with van der Waals surface area (Å²) in [6.45, 7) is 2.82. The molecule has 0 atom stereocenters. The van der Waals surface area contributed by atoms with Gasteiger partial charge >= 0.3 is 5.97 Å². The fourth-order valence-electron chi connectivity index (χ4n) is 3.88. The highest BCUT2D eigenvalue weighted by atomic mass is 79.9. The normalized spacial score (nSPS) is 11.9. The second-order valence-corrected chi connectivity index (χ2v) is 9.99. The Morgan fingerprint density at radius 1 is 1.03 bits per heavy atom. The second-order valence-electron chi connectivity index (χ2n) is 8.28. The number of halogens is 2. The first-order chi connectivity index (χ1) is 16.8. The third kappa shape index (κ3) is 5.50. The van der Waals surface area contributed by atoms with Crippen molar-refractivity contribution in [3.63, 3.8) is 0 Å². The number of nitrogens with one attached hydrogen (secondary N) is 1. The first-order valence-electron chi connectivity index (χ1n) is 11.1. The molecule has 0 aliphatic carbocycles. The van der Waals surface area contributed by atoms with Gasteiger partial charge in [-0.3, -0.25) is 0 Å². The second kappa shape index (κ2) is 10.8. The number of benzene rings is 3. The molecule has 4 aromatic rings. The Hall–Kier alpha value is -2.94. The van der Waals surface area contributed by atoms with E-state index in [-0.39, 0.29) is 5.88 Å². The van der Waals surface area contributed by atoms with Crippen LogP contribution >= 0.6 is 31.9 Å². The summed E-state index contributed by atoms with van der Waals surface area (Å²) < 4.78 is 6.99. The van der Waals surface area contributed by atoms with Gasteiger partial charge in [0, 0.05) is 32.0 Å². The monoisotopic (exact) mass is 597 g/mol. The van der Waals surface area contributed by atoms with Gasteiger partial charge in [-0.1, -0.05) is 68.3 Å². The number of aliphatic imine (C=N–C) groups is 1. The van der Waals surface area contributed by atoms with Gasteiger partial charge in [0.1, 0.15) is 0 Å². The van der Waals surface area contributed by atoms with Gasteiger partial charge in [0.2, 0.25) is 0 Å². The van der Waals surface area contributed by atoms with Gasteiger partial charge in [-0.25, -0.2) is 9.79 Å². The highest BCUT2D eigenvalue weighted by molar-refractivity contribution is 9.11. The molecule has 180 valence electrons. The number of H-pyrrole nitrogens is 1. The van der Waals surface area contributed by atoms with Crippen LogP contribution in [0.5, 0.6) is 5.88 Å². The smallest absolute Gasteiger partial charge is 0.338 e. The summed E-state index contributed by atoms with van der Waals surface area (Å²) in [6, 6.07) is 18.8. The number of aromatic nitrogens is 1. The number of carbonyl (C=O) groups excluding carboxylic acids is 1. The third-order valence-corrected chi connectivity index (χ3v) is 6.83. The zero-order valence-electron chi connectivity index (χ0n) is 19.6.